The van der Waals surface area contributed by atoms with Gasteiger partial charge < -0.3 is 19.1 Å². The van der Waals surface area contributed by atoms with Crippen molar-refractivity contribution in [1.82, 2.24) is 10.1 Å². The Hall–Kier alpha value is -2.64. The molecule has 3 aromatic rings. The Morgan fingerprint density at radius 1 is 1.23 bits per heavy atom. The van der Waals surface area contributed by atoms with Crippen molar-refractivity contribution in [2.75, 3.05) is 37.7 Å². The molecule has 1 aliphatic heterocycles. The molecule has 0 N–H and O–H groups in total. The molecule has 0 atom stereocenters. The van der Waals surface area contributed by atoms with Crippen LogP contribution in [0.5, 0.6) is 0 Å². The third-order valence-corrected chi connectivity index (χ3v) is 6.76. The molecule has 31 heavy (non-hydrogen) atoms. The first-order valence-corrected chi connectivity index (χ1v) is 11.8. The van der Waals surface area contributed by atoms with Gasteiger partial charge in [0.2, 0.25) is 5.88 Å². The molecule has 1 amide bonds. The third kappa shape index (κ3) is 4.52. The summed E-state index contributed by atoms with van der Waals surface area (Å²) in [4.78, 5) is 18.3. The Kier molecular flexibility index (Phi) is 5.78. The summed E-state index contributed by atoms with van der Waals surface area (Å²) in [6.45, 7) is 6.20. The van der Waals surface area contributed by atoms with Crippen LogP contribution in [0.1, 0.15) is 33.6 Å². The molecule has 0 spiro atoms. The molecular weight excluding hydrogens is 410 g/mol. The van der Waals surface area contributed by atoms with E-state index >= 15 is 0 Å². The first kappa shape index (κ1) is 20.3. The fraction of sp³-hybridized carbons (Fsp3) is 0.417. The molecule has 0 radical (unpaired) electrons. The number of hydrogen-bond donors (Lipinski definition) is 0. The van der Waals surface area contributed by atoms with Crippen LogP contribution < -0.4 is 4.90 Å². The molecule has 2 aliphatic rings. The lowest BCUT2D eigenvalue weighted by Gasteiger charge is -2.28. The van der Waals surface area contributed by atoms with Crippen LogP contribution in [-0.4, -0.2) is 48.8 Å². The number of carbonyl (C=O) groups excluding carboxylic acids is 1. The number of aryl methyl sites for hydroxylation is 1. The van der Waals surface area contributed by atoms with Gasteiger partial charge in [0.15, 0.2) is 0 Å². The zero-order valence-corrected chi connectivity index (χ0v) is 18.6. The molecule has 1 saturated carbocycles. The Labute approximate surface area is 186 Å². The van der Waals surface area contributed by atoms with Gasteiger partial charge in [-0.1, -0.05) is 35.0 Å². The van der Waals surface area contributed by atoms with E-state index < -0.39 is 0 Å². The molecule has 1 aromatic carbocycles. The standard InChI is InChI=1S/C24H27N3O3S/c1-17-4-2-5-19(14-17)22-20(24(30-25-22)26-9-11-29-12-10-26)16-27(15-18-7-8-18)23(28)21-6-3-13-31-21/h2-6,13-14,18H,7-12,15-16H2,1H3. The zero-order valence-electron chi connectivity index (χ0n) is 17.8. The van der Waals surface area contributed by atoms with Crippen LogP contribution in [0, 0.1) is 12.8 Å². The van der Waals surface area contributed by atoms with E-state index in [1.807, 2.05) is 28.5 Å². The van der Waals surface area contributed by atoms with Crippen molar-refractivity contribution < 1.29 is 14.1 Å². The lowest BCUT2D eigenvalue weighted by atomic mass is 10.0. The van der Waals surface area contributed by atoms with E-state index in [2.05, 4.69) is 35.2 Å². The molecule has 6 nitrogen and oxygen atoms in total. The van der Waals surface area contributed by atoms with E-state index in [0.717, 1.165) is 47.2 Å². The van der Waals surface area contributed by atoms with Crippen LogP contribution in [0.4, 0.5) is 5.88 Å². The highest BCUT2D eigenvalue weighted by Crippen LogP contribution is 2.36. The van der Waals surface area contributed by atoms with Crippen LogP contribution in [-0.2, 0) is 11.3 Å². The van der Waals surface area contributed by atoms with Gasteiger partial charge in [0, 0.05) is 25.2 Å². The molecule has 5 rings (SSSR count). The molecule has 162 valence electrons. The quantitative estimate of drug-likeness (QED) is 0.541. The Morgan fingerprint density at radius 3 is 2.77 bits per heavy atom. The predicted molar refractivity (Wildman–Crippen MR) is 121 cm³/mol. The van der Waals surface area contributed by atoms with E-state index in [4.69, 9.17) is 9.26 Å². The number of rotatable bonds is 7. The SMILES string of the molecule is Cc1cccc(-c2noc(N3CCOCC3)c2CN(CC2CC2)C(=O)c2cccs2)c1. The second kappa shape index (κ2) is 8.85. The maximum Gasteiger partial charge on any atom is 0.264 e. The van der Waals surface area contributed by atoms with Crippen molar-refractivity contribution in [2.24, 2.45) is 5.92 Å². The number of thiophene rings is 1. The number of morpholine rings is 1. The third-order valence-electron chi connectivity index (χ3n) is 5.90. The van der Waals surface area contributed by atoms with E-state index in [0.29, 0.717) is 25.7 Å². The number of hydrogen-bond acceptors (Lipinski definition) is 6. The summed E-state index contributed by atoms with van der Waals surface area (Å²) >= 11 is 1.50. The number of ether oxygens (including phenoxy) is 1. The van der Waals surface area contributed by atoms with Gasteiger partial charge in [0.1, 0.15) is 5.69 Å². The molecule has 1 saturated heterocycles. The average molecular weight is 438 g/mol. The van der Waals surface area contributed by atoms with Crippen molar-refractivity contribution in [3.05, 3.63) is 57.8 Å². The number of benzene rings is 1. The highest BCUT2D eigenvalue weighted by molar-refractivity contribution is 7.12. The lowest BCUT2D eigenvalue weighted by molar-refractivity contribution is 0.0739. The minimum Gasteiger partial charge on any atom is -0.378 e. The highest BCUT2D eigenvalue weighted by atomic mass is 32.1. The van der Waals surface area contributed by atoms with Gasteiger partial charge in [-0.15, -0.1) is 11.3 Å². The Morgan fingerprint density at radius 2 is 2.06 bits per heavy atom. The monoisotopic (exact) mass is 437 g/mol. The minimum absolute atomic E-state index is 0.0891. The van der Waals surface area contributed by atoms with Crippen molar-refractivity contribution in [1.29, 1.82) is 0 Å². The Bertz CT molecular complexity index is 1040. The number of amides is 1. The molecular formula is C24H27N3O3S. The van der Waals surface area contributed by atoms with Crippen LogP contribution in [0.3, 0.4) is 0 Å². The van der Waals surface area contributed by atoms with Crippen molar-refractivity contribution in [2.45, 2.75) is 26.3 Å². The van der Waals surface area contributed by atoms with Crippen LogP contribution in [0.25, 0.3) is 11.3 Å². The Balaban J connectivity index is 1.52. The maximum atomic E-state index is 13.3. The number of anilines is 1. The number of aromatic nitrogens is 1. The highest BCUT2D eigenvalue weighted by Gasteiger charge is 2.31. The summed E-state index contributed by atoms with van der Waals surface area (Å²) in [5.74, 6) is 1.45. The summed E-state index contributed by atoms with van der Waals surface area (Å²) < 4.78 is 11.4. The van der Waals surface area contributed by atoms with E-state index in [1.54, 1.807) is 0 Å². The second-order valence-corrected chi connectivity index (χ2v) is 9.34. The largest absolute Gasteiger partial charge is 0.378 e. The first-order valence-electron chi connectivity index (χ1n) is 10.9. The minimum atomic E-state index is 0.0891. The van der Waals surface area contributed by atoms with Crippen LogP contribution in [0.15, 0.2) is 46.3 Å². The van der Waals surface area contributed by atoms with Crippen molar-refractivity contribution in [3.8, 4) is 11.3 Å². The van der Waals surface area contributed by atoms with Crippen LogP contribution in [0.2, 0.25) is 0 Å². The van der Waals surface area contributed by atoms with Crippen molar-refractivity contribution >= 4 is 23.1 Å². The van der Waals surface area contributed by atoms with E-state index in [1.165, 1.54) is 29.7 Å². The van der Waals surface area contributed by atoms with E-state index in [-0.39, 0.29) is 5.91 Å². The van der Waals surface area contributed by atoms with E-state index in [9.17, 15) is 4.79 Å². The molecule has 2 aromatic heterocycles. The zero-order chi connectivity index (χ0) is 21.2. The summed E-state index contributed by atoms with van der Waals surface area (Å²) in [5, 5.41) is 6.44. The second-order valence-electron chi connectivity index (χ2n) is 8.39. The summed E-state index contributed by atoms with van der Waals surface area (Å²) in [5.41, 5.74) is 4.00. The van der Waals surface area contributed by atoms with Gasteiger partial charge in [-0.3, -0.25) is 4.79 Å². The summed E-state index contributed by atoms with van der Waals surface area (Å²) in [7, 11) is 0. The normalized spacial score (nSPS) is 16.5. The maximum absolute atomic E-state index is 13.3. The molecule has 1 aliphatic carbocycles. The average Bonchev–Trinajstić information content (AvgIpc) is 3.26. The predicted octanol–water partition coefficient (Wildman–Crippen LogP) is 4.60. The fourth-order valence-electron chi connectivity index (χ4n) is 4.06. The lowest BCUT2D eigenvalue weighted by Crippen LogP contribution is -2.37. The van der Waals surface area contributed by atoms with Crippen LogP contribution >= 0.6 is 11.3 Å². The van der Waals surface area contributed by atoms with Gasteiger partial charge in [-0.25, -0.2) is 0 Å². The summed E-state index contributed by atoms with van der Waals surface area (Å²) in [6, 6.07) is 12.1. The van der Waals surface area contributed by atoms with Gasteiger partial charge in [-0.05, 0) is 43.2 Å². The van der Waals surface area contributed by atoms with Gasteiger partial charge in [0.05, 0.1) is 30.2 Å². The molecule has 2 fully saturated rings. The molecule has 0 unspecified atom stereocenters. The number of nitrogens with zero attached hydrogens (tertiary/aromatic N) is 3. The van der Waals surface area contributed by atoms with Crippen molar-refractivity contribution in [3.63, 3.8) is 0 Å². The first-order chi connectivity index (χ1) is 15.2. The smallest absolute Gasteiger partial charge is 0.264 e. The number of carbonyl (C=O) groups is 1. The summed E-state index contributed by atoms with van der Waals surface area (Å²) in [6.07, 6.45) is 2.39. The molecule has 0 bridgehead atoms. The topological polar surface area (TPSA) is 58.8 Å². The molecule has 7 heteroatoms. The van der Waals surface area contributed by atoms with Gasteiger partial charge in [-0.2, -0.15) is 0 Å². The van der Waals surface area contributed by atoms with Gasteiger partial charge >= 0.3 is 0 Å². The molecule has 3 heterocycles. The van der Waals surface area contributed by atoms with Gasteiger partial charge in [0.25, 0.3) is 5.91 Å². The fourth-order valence-corrected chi connectivity index (χ4v) is 4.75.